The minimum Gasteiger partial charge on any atom is -0.497 e. The van der Waals surface area contributed by atoms with Crippen LogP contribution < -0.4 is 10.9 Å². The van der Waals surface area contributed by atoms with Crippen molar-refractivity contribution in [1.82, 2.24) is 10.9 Å². The Balaban J connectivity index is -0.000000641. The van der Waals surface area contributed by atoms with Crippen LogP contribution in [-0.4, -0.2) is 38.9 Å². The van der Waals surface area contributed by atoms with Crippen LogP contribution in [0.1, 0.15) is 107 Å². The molecule has 1 saturated carbocycles. The van der Waals surface area contributed by atoms with Gasteiger partial charge in [0.15, 0.2) is 0 Å². The molecule has 1 aliphatic carbocycles. The highest BCUT2D eigenvalue weighted by molar-refractivity contribution is 5.72. The molecule has 212 valence electrons. The Hall–Kier alpha value is -2.05. The molecule has 0 saturated heterocycles. The molecule has 0 heterocycles. The molecule has 0 bridgehead atoms. The summed E-state index contributed by atoms with van der Waals surface area (Å²) in [6.07, 6.45) is 14.7. The first-order valence-corrected chi connectivity index (χ1v) is 13.8. The molecule has 0 amide bonds. The van der Waals surface area contributed by atoms with E-state index >= 15 is 0 Å². The third-order valence-electron chi connectivity index (χ3n) is 5.48. The van der Waals surface area contributed by atoms with Gasteiger partial charge in [-0.05, 0) is 62.3 Å². The minimum atomic E-state index is -0.0142. The van der Waals surface area contributed by atoms with Crippen molar-refractivity contribution in [3.05, 3.63) is 46.4 Å². The zero-order valence-electron chi connectivity index (χ0n) is 25.3. The molecular formula is C30H58N2O4. The van der Waals surface area contributed by atoms with Crippen molar-refractivity contribution in [2.75, 3.05) is 27.9 Å². The molecule has 1 aliphatic rings. The molecule has 6 heteroatoms. The zero-order valence-corrected chi connectivity index (χ0v) is 25.3. The van der Waals surface area contributed by atoms with E-state index in [0.29, 0.717) is 0 Å². The summed E-state index contributed by atoms with van der Waals surface area (Å²) >= 11 is 0. The lowest BCUT2D eigenvalue weighted by Gasteiger charge is -2.18. The lowest BCUT2D eigenvalue weighted by Crippen LogP contribution is -2.29. The van der Waals surface area contributed by atoms with E-state index in [0.717, 1.165) is 60.3 Å². The summed E-state index contributed by atoms with van der Waals surface area (Å²) in [5, 5.41) is 9.58. The van der Waals surface area contributed by atoms with Gasteiger partial charge in [0.2, 0.25) is 0 Å². The largest absolute Gasteiger partial charge is 0.497 e. The van der Waals surface area contributed by atoms with E-state index in [9.17, 15) is 9.90 Å². The van der Waals surface area contributed by atoms with Crippen LogP contribution in [0.2, 0.25) is 0 Å². The minimum absolute atomic E-state index is 0.0142. The number of aliphatic hydroxyl groups excluding tert-OH is 1. The van der Waals surface area contributed by atoms with Crippen molar-refractivity contribution >= 4 is 5.97 Å². The second-order valence-corrected chi connectivity index (χ2v) is 8.00. The van der Waals surface area contributed by atoms with Gasteiger partial charge >= 0.3 is 5.97 Å². The first-order valence-electron chi connectivity index (χ1n) is 13.8. The van der Waals surface area contributed by atoms with Crippen LogP contribution in [0, 0.1) is 5.92 Å². The fraction of sp³-hybridized carbons (Fsp3) is 0.700. The number of allylic oxidation sites excluding steroid dienone is 5. The Morgan fingerprint density at radius 3 is 1.94 bits per heavy atom. The van der Waals surface area contributed by atoms with Crippen LogP contribution >= 0.6 is 0 Å². The Labute approximate surface area is 223 Å². The summed E-state index contributed by atoms with van der Waals surface area (Å²) in [5.41, 5.74) is 10.2. The normalized spacial score (nSPS) is 15.1. The number of aliphatic hydroxyl groups is 1. The van der Waals surface area contributed by atoms with Crippen molar-refractivity contribution < 1.29 is 19.4 Å². The van der Waals surface area contributed by atoms with Crippen molar-refractivity contribution in [1.29, 1.82) is 0 Å². The fourth-order valence-electron chi connectivity index (χ4n) is 3.73. The lowest BCUT2D eigenvalue weighted by molar-refractivity contribution is -0.146. The lowest BCUT2D eigenvalue weighted by atomic mass is 9.89. The quantitative estimate of drug-likeness (QED) is 0.116. The number of hydrazine groups is 1. The SMILES string of the molecule is CC.CC.CC/C=C(C)/C(=C\C=C(C)\C(NNC)=C(/CO)CCC)OC.COC(=O)C1CCCCC1. The number of carbonyl (C=O) groups excluding carboxylic acids is 1. The van der Waals surface area contributed by atoms with Crippen LogP contribution in [0.5, 0.6) is 0 Å². The average Bonchev–Trinajstić information content (AvgIpc) is 2.93. The summed E-state index contributed by atoms with van der Waals surface area (Å²) < 4.78 is 10.1. The molecule has 0 unspecified atom stereocenters. The maximum Gasteiger partial charge on any atom is 0.308 e. The zero-order chi connectivity index (χ0) is 28.4. The number of esters is 1. The maximum absolute atomic E-state index is 10.9. The predicted octanol–water partition coefficient (Wildman–Crippen LogP) is 7.38. The van der Waals surface area contributed by atoms with Crippen LogP contribution in [0.25, 0.3) is 0 Å². The van der Waals surface area contributed by atoms with Gasteiger partial charge in [-0.15, -0.1) is 0 Å². The van der Waals surface area contributed by atoms with Crippen molar-refractivity contribution in [3.63, 3.8) is 0 Å². The summed E-state index contributed by atoms with van der Waals surface area (Å²) in [7, 11) is 4.97. The third-order valence-corrected chi connectivity index (χ3v) is 5.48. The number of nitrogens with one attached hydrogen (secondary N) is 2. The van der Waals surface area contributed by atoms with Gasteiger partial charge in [-0.25, -0.2) is 5.43 Å². The van der Waals surface area contributed by atoms with E-state index in [1.54, 1.807) is 7.11 Å². The third kappa shape index (κ3) is 17.4. The highest BCUT2D eigenvalue weighted by Gasteiger charge is 2.20. The predicted molar refractivity (Wildman–Crippen MR) is 155 cm³/mol. The fourth-order valence-corrected chi connectivity index (χ4v) is 3.73. The highest BCUT2D eigenvalue weighted by Crippen LogP contribution is 2.24. The Bertz CT molecular complexity index is 658. The first-order chi connectivity index (χ1) is 17.4. The molecule has 6 nitrogen and oxygen atoms in total. The van der Waals surface area contributed by atoms with Crippen LogP contribution in [0.3, 0.4) is 0 Å². The number of carbonyl (C=O) groups is 1. The molecule has 0 aromatic carbocycles. The van der Waals surface area contributed by atoms with Gasteiger partial charge in [0.05, 0.1) is 32.4 Å². The summed E-state index contributed by atoms with van der Waals surface area (Å²) in [6.45, 7) is 16.3. The van der Waals surface area contributed by atoms with Gasteiger partial charge in [0.1, 0.15) is 5.76 Å². The Kier molecular flexibility index (Phi) is 29.4. The van der Waals surface area contributed by atoms with Crippen molar-refractivity contribution in [2.45, 2.75) is 107 Å². The van der Waals surface area contributed by atoms with Crippen molar-refractivity contribution in [3.8, 4) is 0 Å². The number of methoxy groups -OCH3 is 2. The topological polar surface area (TPSA) is 79.8 Å². The molecule has 3 N–H and O–H groups in total. The van der Waals surface area contributed by atoms with Crippen molar-refractivity contribution in [2.24, 2.45) is 5.92 Å². The van der Waals surface area contributed by atoms with E-state index in [-0.39, 0.29) is 18.5 Å². The number of ether oxygens (including phenoxy) is 2. The van der Waals surface area contributed by atoms with Gasteiger partial charge in [0, 0.05) is 7.05 Å². The summed E-state index contributed by atoms with van der Waals surface area (Å²) in [4.78, 5) is 10.9. The van der Waals surface area contributed by atoms with Gasteiger partial charge in [-0.3, -0.25) is 4.79 Å². The average molecular weight is 511 g/mol. The van der Waals surface area contributed by atoms with Gasteiger partial charge in [-0.2, -0.15) is 0 Å². The molecule has 1 fully saturated rings. The van der Waals surface area contributed by atoms with Gasteiger partial charge in [-0.1, -0.05) is 79.4 Å². The van der Waals surface area contributed by atoms with Gasteiger partial charge in [0.25, 0.3) is 0 Å². The molecular weight excluding hydrogens is 452 g/mol. The number of hydrogen-bond acceptors (Lipinski definition) is 6. The van der Waals surface area contributed by atoms with Crippen LogP contribution in [0.15, 0.2) is 46.4 Å². The summed E-state index contributed by atoms with van der Waals surface area (Å²) in [5.74, 6) is 1.05. The molecule has 0 aromatic heterocycles. The number of rotatable bonds is 11. The number of hydrogen-bond donors (Lipinski definition) is 3. The molecule has 1 rings (SSSR count). The summed E-state index contributed by atoms with van der Waals surface area (Å²) in [6, 6.07) is 0. The van der Waals surface area contributed by atoms with Crippen LogP contribution in [0.4, 0.5) is 0 Å². The second kappa shape index (κ2) is 27.5. The Morgan fingerprint density at radius 1 is 0.944 bits per heavy atom. The van der Waals surface area contributed by atoms with Gasteiger partial charge < -0.3 is 20.0 Å². The molecule has 0 atom stereocenters. The van der Waals surface area contributed by atoms with E-state index < -0.39 is 0 Å². The second-order valence-electron chi connectivity index (χ2n) is 8.00. The molecule has 0 aromatic rings. The maximum atomic E-state index is 10.9. The Morgan fingerprint density at radius 2 is 1.53 bits per heavy atom. The smallest absolute Gasteiger partial charge is 0.308 e. The van der Waals surface area contributed by atoms with E-state index in [4.69, 9.17) is 4.74 Å². The van der Waals surface area contributed by atoms with E-state index in [1.807, 2.05) is 60.7 Å². The molecule has 36 heavy (non-hydrogen) atoms. The van der Waals surface area contributed by atoms with Crippen LogP contribution in [-0.2, 0) is 14.3 Å². The standard InChI is InChI=1S/C18H32N2O2.C8H14O2.2C2H6/c1-7-9-14(3)17(22-6)12-11-15(4)18(20-19-5)16(13-21)10-8-2;1-10-8(9)7-5-3-2-4-6-7;2*1-2/h9,11-12,19-21H,7-8,10,13H2,1-6H3;7H,2-6H2,1H3;2*1-2H3/b14-9+,15-11+,17-12+,18-16+;;;. The highest BCUT2D eigenvalue weighted by atomic mass is 16.5. The molecule has 0 spiro atoms. The monoisotopic (exact) mass is 510 g/mol. The first kappa shape index (κ1) is 38.5. The molecule has 0 radical (unpaired) electrons. The van der Waals surface area contributed by atoms with E-state index in [2.05, 4.69) is 35.5 Å². The van der Waals surface area contributed by atoms with E-state index in [1.165, 1.54) is 26.4 Å². The molecule has 0 aliphatic heterocycles.